The number of hydrogen-bond acceptors (Lipinski definition) is 14. The van der Waals surface area contributed by atoms with E-state index < -0.39 is 81.5 Å². The molecule has 3 heterocycles. The molecule has 2 saturated heterocycles. The molecule has 31 heavy (non-hydrogen) atoms. The predicted octanol–water partition coefficient (Wildman–Crippen LogP) is -5.31. The second kappa shape index (κ2) is 6.99. The number of aliphatic imine (C=N–C) groups is 1. The molecule has 2 fully saturated rings. The largest absolute Gasteiger partial charge is 0.446 e. The molecule has 21 heteroatoms. The van der Waals surface area contributed by atoms with Gasteiger partial charge in [-0.3, -0.25) is 19.7 Å². The van der Waals surface area contributed by atoms with E-state index in [1.165, 1.54) is 0 Å². The molecule has 2 unspecified atom stereocenters. The van der Waals surface area contributed by atoms with E-state index in [4.69, 9.17) is 20.2 Å². The third kappa shape index (κ3) is 3.80. The maximum atomic E-state index is 11.5. The van der Waals surface area contributed by atoms with Gasteiger partial charge in [0.15, 0.2) is 17.7 Å². The monoisotopic (exact) mass is 491 g/mol. The van der Waals surface area contributed by atoms with Crippen molar-refractivity contribution in [3.05, 3.63) is 0 Å². The zero-order valence-electron chi connectivity index (χ0n) is 15.0. The van der Waals surface area contributed by atoms with Crippen LogP contribution >= 0.6 is 0 Å². The van der Waals surface area contributed by atoms with Gasteiger partial charge >= 0.3 is 26.8 Å². The lowest BCUT2D eigenvalue weighted by Gasteiger charge is -2.52. The Labute approximate surface area is 173 Å². The first kappa shape index (κ1) is 23.1. The molecule has 1 spiro atoms. The molecule has 1 amide bonds. The van der Waals surface area contributed by atoms with Gasteiger partial charge in [0, 0.05) is 0 Å². The van der Waals surface area contributed by atoms with Crippen LogP contribution in [-0.4, -0.2) is 112 Å². The number of nitrogens with one attached hydrogen (secondary N) is 3. The minimum Gasteiger partial charge on any atom is -0.446 e. The minimum atomic E-state index is -5.20. The molecule has 3 aliphatic rings. The van der Waals surface area contributed by atoms with E-state index in [2.05, 4.69) is 19.2 Å². The maximum absolute atomic E-state index is 11.5. The Morgan fingerprint density at radius 3 is 2.52 bits per heavy atom. The van der Waals surface area contributed by atoms with Crippen molar-refractivity contribution in [2.45, 2.75) is 29.6 Å². The second-order valence-electron chi connectivity index (χ2n) is 6.61. The molecular formula is C10H17N7O12S2. The van der Waals surface area contributed by atoms with Gasteiger partial charge < -0.3 is 30.9 Å². The van der Waals surface area contributed by atoms with Crippen LogP contribution < -0.4 is 15.8 Å². The molecule has 19 nitrogen and oxygen atoms in total. The first-order valence-electron chi connectivity index (χ1n) is 7.98. The molecule has 176 valence electrons. The zero-order valence-corrected chi connectivity index (χ0v) is 16.6. The molecular weight excluding hydrogens is 474 g/mol. The average Bonchev–Trinajstić information content (AvgIpc) is 3.02. The van der Waals surface area contributed by atoms with Crippen molar-refractivity contribution < 1.29 is 55.1 Å². The quantitative estimate of drug-likeness (QED) is 0.128. The van der Waals surface area contributed by atoms with Crippen molar-refractivity contribution in [1.29, 1.82) is 5.41 Å². The van der Waals surface area contributed by atoms with Crippen molar-refractivity contribution in [1.82, 2.24) is 20.0 Å². The smallest absolute Gasteiger partial charge is 0.422 e. The molecule has 0 radical (unpaired) electrons. The molecule has 4 atom stereocenters. The van der Waals surface area contributed by atoms with Gasteiger partial charge in [0.05, 0.1) is 6.54 Å². The normalized spacial score (nSPS) is 32.1. The van der Waals surface area contributed by atoms with E-state index in [0.29, 0.717) is 0 Å². The Balaban J connectivity index is 1.96. The highest BCUT2D eigenvalue weighted by Gasteiger charge is 2.76. The van der Waals surface area contributed by atoms with Crippen LogP contribution in [0.1, 0.15) is 0 Å². The molecule has 3 rings (SSSR count). The van der Waals surface area contributed by atoms with Crippen LogP contribution in [0.3, 0.4) is 0 Å². The fourth-order valence-corrected chi connectivity index (χ4v) is 4.46. The van der Waals surface area contributed by atoms with E-state index in [1.54, 1.807) is 0 Å². The van der Waals surface area contributed by atoms with Gasteiger partial charge in [0.2, 0.25) is 11.7 Å². The highest BCUT2D eigenvalue weighted by Crippen LogP contribution is 2.47. The van der Waals surface area contributed by atoms with E-state index in [1.807, 2.05) is 0 Å². The number of rotatable bonds is 5. The van der Waals surface area contributed by atoms with Crippen LogP contribution in [0, 0.1) is 5.41 Å². The van der Waals surface area contributed by atoms with Crippen LogP contribution in [0.5, 0.6) is 0 Å². The van der Waals surface area contributed by atoms with E-state index in [-0.39, 0.29) is 5.06 Å². The van der Waals surface area contributed by atoms with Gasteiger partial charge in [-0.05, 0) is 0 Å². The number of guanidine groups is 2. The van der Waals surface area contributed by atoms with Crippen LogP contribution in [0.4, 0.5) is 4.79 Å². The summed E-state index contributed by atoms with van der Waals surface area (Å²) in [5.41, 5.74) is 3.27. The van der Waals surface area contributed by atoms with Gasteiger partial charge in [-0.2, -0.15) is 21.6 Å². The second-order valence-corrected chi connectivity index (χ2v) is 8.81. The van der Waals surface area contributed by atoms with Gasteiger partial charge in [-0.25, -0.2) is 19.0 Å². The number of nitrogens with zero attached hydrogens (tertiary/aromatic N) is 3. The number of nitrogens with two attached hydrogens (primary N) is 1. The van der Waals surface area contributed by atoms with Crippen LogP contribution in [0.2, 0.25) is 0 Å². The fraction of sp³-hybridized carbons (Fsp3) is 0.700. The molecule has 0 aromatic rings. The van der Waals surface area contributed by atoms with Crippen molar-refractivity contribution >= 4 is 38.7 Å². The standard InChI is InChI=1S/C10H17N7O12S2/c11-6-13-5-3(2-28-8(18)15-30(22,23)24)17(21)7(12)16-1-4(29-31(25,26)27)10(19,20)9(5,16)14-6/h3-5,12,19-21H,1-2H2,(H,15,18)(H3,11,13,14)(H,22,23,24)(H,25,26,27)/t3-,4?,5-,9?/m0/s1. The van der Waals surface area contributed by atoms with Crippen molar-refractivity contribution in [2.24, 2.45) is 10.7 Å². The highest BCUT2D eigenvalue weighted by molar-refractivity contribution is 7.84. The number of ether oxygens (including phenoxy) is 1. The molecule has 10 N–H and O–H groups in total. The van der Waals surface area contributed by atoms with Gasteiger partial charge in [-0.15, -0.1) is 0 Å². The summed E-state index contributed by atoms with van der Waals surface area (Å²) in [4.78, 5) is 16.1. The highest BCUT2D eigenvalue weighted by atomic mass is 32.3. The lowest BCUT2D eigenvalue weighted by molar-refractivity contribution is -0.265. The lowest BCUT2D eigenvalue weighted by atomic mass is 9.85. The number of hydrogen-bond donors (Lipinski definition) is 9. The van der Waals surface area contributed by atoms with E-state index >= 15 is 0 Å². The molecule has 0 aliphatic carbocycles. The SMILES string of the molecule is N=C1N(O)[C@@H](COC(=O)NS(=O)(=O)O)[C@@H]2N=C(N)NC23N1CC(OS(=O)(=O)O)C3(O)O. The summed E-state index contributed by atoms with van der Waals surface area (Å²) in [5.74, 6) is -4.56. The van der Waals surface area contributed by atoms with Crippen LogP contribution in [0.15, 0.2) is 4.99 Å². The van der Waals surface area contributed by atoms with Crippen molar-refractivity contribution in [3.63, 3.8) is 0 Å². The summed E-state index contributed by atoms with van der Waals surface area (Å²) in [6.45, 7) is -1.70. The van der Waals surface area contributed by atoms with Gasteiger partial charge in [-0.1, -0.05) is 0 Å². The third-order valence-electron chi connectivity index (χ3n) is 4.80. The fourth-order valence-electron chi connectivity index (χ4n) is 3.70. The number of aliphatic hydroxyl groups is 2. The summed E-state index contributed by atoms with van der Waals surface area (Å²) >= 11 is 0. The number of carbonyl (C=O) groups is 1. The Morgan fingerprint density at radius 1 is 1.35 bits per heavy atom. The van der Waals surface area contributed by atoms with E-state index in [0.717, 1.165) is 9.62 Å². The van der Waals surface area contributed by atoms with E-state index in [9.17, 15) is 37.1 Å². The molecule has 3 aliphatic heterocycles. The molecule has 0 aromatic heterocycles. The maximum Gasteiger partial charge on any atom is 0.422 e. The molecule has 0 saturated carbocycles. The summed E-state index contributed by atoms with van der Waals surface area (Å²) in [7, 11) is -10.2. The predicted molar refractivity (Wildman–Crippen MR) is 92.7 cm³/mol. The summed E-state index contributed by atoms with van der Waals surface area (Å²) < 4.78 is 71.0. The zero-order chi connectivity index (χ0) is 23.6. The topological polar surface area (TPSA) is 298 Å². The first-order chi connectivity index (χ1) is 14.0. The average molecular weight is 491 g/mol. The van der Waals surface area contributed by atoms with Crippen LogP contribution in [0.25, 0.3) is 0 Å². The Kier molecular flexibility index (Phi) is 5.22. The number of amides is 1. The first-order valence-corrected chi connectivity index (χ1v) is 10.8. The Hall–Kier alpha value is -2.53. The Morgan fingerprint density at radius 2 is 1.97 bits per heavy atom. The summed E-state index contributed by atoms with van der Waals surface area (Å²) in [6.07, 6.45) is -3.78. The van der Waals surface area contributed by atoms with Gasteiger partial charge in [0.25, 0.3) is 0 Å². The molecule has 0 aromatic carbocycles. The summed E-state index contributed by atoms with van der Waals surface area (Å²) in [5, 5.41) is 42.4. The Bertz CT molecular complexity index is 1040. The van der Waals surface area contributed by atoms with Gasteiger partial charge in [0.1, 0.15) is 18.7 Å². The molecule has 0 bridgehead atoms. The van der Waals surface area contributed by atoms with Crippen molar-refractivity contribution in [2.75, 3.05) is 13.2 Å². The third-order valence-corrected chi connectivity index (χ3v) is 5.70. The van der Waals surface area contributed by atoms with Crippen LogP contribution in [-0.2, 0) is 29.6 Å². The number of carbonyl (C=O) groups excluding carboxylic acids is 1. The number of hydroxylamine groups is 2. The summed E-state index contributed by atoms with van der Waals surface area (Å²) in [6, 6.07) is -3.19. The minimum absolute atomic E-state index is 0.166. The van der Waals surface area contributed by atoms with Crippen molar-refractivity contribution in [3.8, 4) is 0 Å². The lowest BCUT2D eigenvalue weighted by Crippen LogP contribution is -2.80.